The Morgan fingerprint density at radius 1 is 1.19 bits per heavy atom. The highest BCUT2D eigenvalue weighted by Gasteiger charge is 2.14. The van der Waals surface area contributed by atoms with E-state index in [9.17, 15) is 4.39 Å². The van der Waals surface area contributed by atoms with Gasteiger partial charge in [0.05, 0.1) is 0 Å². The smallest absolute Gasteiger partial charge is 0.128 e. The molecule has 2 rings (SSSR count). The second-order valence-corrected chi connectivity index (χ2v) is 6.64. The number of hydrogen-bond acceptors (Lipinski definition) is 1. The number of rotatable bonds is 5. The average molecular weight is 371 g/mol. The van der Waals surface area contributed by atoms with Crippen molar-refractivity contribution in [2.24, 2.45) is 0 Å². The van der Waals surface area contributed by atoms with E-state index in [0.717, 1.165) is 15.9 Å². The summed E-state index contributed by atoms with van der Waals surface area (Å²) < 4.78 is 14.8. The molecule has 2 unspecified atom stereocenters. The minimum Gasteiger partial charge on any atom is -0.307 e. The van der Waals surface area contributed by atoms with E-state index in [1.165, 1.54) is 11.6 Å². The number of nitrogens with one attached hydrogen (secondary N) is 1. The quantitative estimate of drug-likeness (QED) is 0.730. The molecule has 0 aliphatic heterocycles. The fourth-order valence-corrected chi connectivity index (χ4v) is 3.03. The van der Waals surface area contributed by atoms with Gasteiger partial charge in [-0.2, -0.15) is 0 Å². The third-order valence-electron chi connectivity index (χ3n) is 3.39. The lowest BCUT2D eigenvalue weighted by atomic mass is 10.0. The molecule has 0 radical (unpaired) electrons. The maximum absolute atomic E-state index is 13.9. The zero-order valence-electron chi connectivity index (χ0n) is 12.0. The fourth-order valence-electron chi connectivity index (χ4n) is 2.44. The molecule has 2 aromatic carbocycles. The van der Waals surface area contributed by atoms with E-state index in [0.29, 0.717) is 5.56 Å². The van der Waals surface area contributed by atoms with Crippen molar-refractivity contribution >= 4 is 27.5 Å². The molecule has 0 aliphatic carbocycles. The average Bonchev–Trinajstić information content (AvgIpc) is 2.41. The Hall–Kier alpha value is -0.900. The van der Waals surface area contributed by atoms with Crippen LogP contribution in [-0.4, -0.2) is 6.04 Å². The van der Waals surface area contributed by atoms with E-state index in [1.807, 2.05) is 31.2 Å². The highest BCUT2D eigenvalue weighted by Crippen LogP contribution is 2.22. The second kappa shape index (κ2) is 7.39. The zero-order valence-corrected chi connectivity index (χ0v) is 14.4. The van der Waals surface area contributed by atoms with E-state index in [1.54, 1.807) is 6.07 Å². The van der Waals surface area contributed by atoms with Gasteiger partial charge in [-0.25, -0.2) is 4.39 Å². The minimum absolute atomic E-state index is 0.0586. The zero-order chi connectivity index (χ0) is 15.4. The van der Waals surface area contributed by atoms with E-state index < -0.39 is 0 Å². The van der Waals surface area contributed by atoms with E-state index in [-0.39, 0.29) is 17.9 Å². The summed E-state index contributed by atoms with van der Waals surface area (Å²) in [6.45, 7) is 4.06. The monoisotopic (exact) mass is 369 g/mol. The van der Waals surface area contributed by atoms with Gasteiger partial charge >= 0.3 is 0 Å². The molecular formula is C17H18BrClFN. The normalized spacial score (nSPS) is 14.0. The van der Waals surface area contributed by atoms with Crippen LogP contribution in [0.3, 0.4) is 0 Å². The summed E-state index contributed by atoms with van der Waals surface area (Å²) in [5, 5.41) is 4.17. The molecule has 0 aromatic heterocycles. The predicted molar refractivity (Wildman–Crippen MR) is 90.3 cm³/mol. The Morgan fingerprint density at radius 2 is 1.95 bits per heavy atom. The highest BCUT2D eigenvalue weighted by molar-refractivity contribution is 9.10. The number of hydrogen-bond donors (Lipinski definition) is 1. The first-order chi connectivity index (χ1) is 9.95. The van der Waals surface area contributed by atoms with Gasteiger partial charge in [0.2, 0.25) is 0 Å². The third kappa shape index (κ3) is 4.80. The lowest BCUT2D eigenvalue weighted by Gasteiger charge is -2.21. The Morgan fingerprint density at radius 3 is 2.67 bits per heavy atom. The second-order valence-electron chi connectivity index (χ2n) is 5.29. The summed E-state index contributed by atoms with van der Waals surface area (Å²) >= 11 is 9.38. The van der Waals surface area contributed by atoms with Crippen molar-refractivity contribution in [2.45, 2.75) is 32.4 Å². The van der Waals surface area contributed by atoms with Crippen LogP contribution in [0.4, 0.5) is 4.39 Å². The van der Waals surface area contributed by atoms with Gasteiger partial charge in [0.25, 0.3) is 0 Å². The van der Waals surface area contributed by atoms with Crippen molar-refractivity contribution in [3.05, 3.63) is 68.9 Å². The first-order valence-electron chi connectivity index (χ1n) is 6.91. The summed E-state index contributed by atoms with van der Waals surface area (Å²) in [6.07, 6.45) is 0.848. The van der Waals surface area contributed by atoms with Gasteiger partial charge < -0.3 is 5.32 Å². The largest absolute Gasteiger partial charge is 0.307 e. The molecule has 112 valence electrons. The Bertz CT molecular complexity index is 617. The van der Waals surface area contributed by atoms with E-state index >= 15 is 0 Å². The van der Waals surface area contributed by atoms with Crippen LogP contribution < -0.4 is 5.32 Å². The Kier molecular flexibility index (Phi) is 5.80. The molecule has 4 heteroatoms. The minimum atomic E-state index is -0.187. The molecule has 0 bridgehead atoms. The van der Waals surface area contributed by atoms with Crippen LogP contribution >= 0.6 is 27.5 Å². The first-order valence-corrected chi connectivity index (χ1v) is 8.08. The van der Waals surface area contributed by atoms with Gasteiger partial charge in [-0.3, -0.25) is 0 Å². The topological polar surface area (TPSA) is 12.0 Å². The first kappa shape index (κ1) is 16.5. The van der Waals surface area contributed by atoms with Crippen molar-refractivity contribution in [1.29, 1.82) is 0 Å². The van der Waals surface area contributed by atoms with Crippen LogP contribution in [0.5, 0.6) is 0 Å². The molecule has 2 aromatic rings. The van der Waals surface area contributed by atoms with Crippen molar-refractivity contribution < 1.29 is 4.39 Å². The summed E-state index contributed by atoms with van der Waals surface area (Å²) in [5.41, 5.74) is 1.84. The third-order valence-corrected chi connectivity index (χ3v) is 4.12. The molecule has 0 saturated carbocycles. The standard InChI is InChI=1S/C17H18BrClFN/c1-11(8-13-4-3-5-15(19)9-13)21-12(2)16-10-14(18)6-7-17(16)20/h3-7,9-12,21H,8H2,1-2H3. The maximum Gasteiger partial charge on any atom is 0.128 e. The molecule has 0 fully saturated rings. The molecule has 1 nitrogen and oxygen atoms in total. The van der Waals surface area contributed by atoms with E-state index in [2.05, 4.69) is 34.2 Å². The van der Waals surface area contributed by atoms with Gasteiger partial charge in [-0.1, -0.05) is 39.7 Å². The number of benzene rings is 2. The molecule has 0 aliphatic rings. The van der Waals surface area contributed by atoms with Crippen molar-refractivity contribution in [3.63, 3.8) is 0 Å². The van der Waals surface area contributed by atoms with Gasteiger partial charge in [0, 0.05) is 27.1 Å². The predicted octanol–water partition coefficient (Wildman–Crippen LogP) is 5.52. The lowest BCUT2D eigenvalue weighted by Crippen LogP contribution is -2.31. The van der Waals surface area contributed by atoms with Gasteiger partial charge in [-0.05, 0) is 56.2 Å². The summed E-state index contributed by atoms with van der Waals surface area (Å²) in [4.78, 5) is 0. The maximum atomic E-state index is 13.9. The van der Waals surface area contributed by atoms with Crippen molar-refractivity contribution in [3.8, 4) is 0 Å². The van der Waals surface area contributed by atoms with Crippen molar-refractivity contribution in [1.82, 2.24) is 5.32 Å². The summed E-state index contributed by atoms with van der Waals surface area (Å²) in [6, 6.07) is 13.0. The SMILES string of the molecule is CC(Cc1cccc(Cl)c1)NC(C)c1cc(Br)ccc1F. The molecular weight excluding hydrogens is 353 g/mol. The van der Waals surface area contributed by atoms with Crippen LogP contribution in [0.25, 0.3) is 0 Å². The Balaban J connectivity index is 2.01. The molecule has 0 spiro atoms. The van der Waals surface area contributed by atoms with Gasteiger partial charge in [0.15, 0.2) is 0 Å². The van der Waals surface area contributed by atoms with Crippen LogP contribution in [0, 0.1) is 5.82 Å². The Labute approximate surface area is 138 Å². The molecule has 1 N–H and O–H groups in total. The van der Waals surface area contributed by atoms with Gasteiger partial charge in [0.1, 0.15) is 5.82 Å². The number of halogens is 3. The molecule has 0 heterocycles. The summed E-state index contributed by atoms with van der Waals surface area (Å²) in [5.74, 6) is -0.187. The van der Waals surface area contributed by atoms with Crippen LogP contribution in [0.15, 0.2) is 46.9 Å². The molecule has 2 atom stereocenters. The van der Waals surface area contributed by atoms with Crippen LogP contribution in [0.1, 0.15) is 31.0 Å². The fraction of sp³-hybridized carbons (Fsp3) is 0.294. The molecule has 21 heavy (non-hydrogen) atoms. The van der Waals surface area contributed by atoms with E-state index in [4.69, 9.17) is 11.6 Å². The van der Waals surface area contributed by atoms with Crippen LogP contribution in [-0.2, 0) is 6.42 Å². The van der Waals surface area contributed by atoms with Gasteiger partial charge in [-0.15, -0.1) is 0 Å². The van der Waals surface area contributed by atoms with Crippen LogP contribution in [0.2, 0.25) is 5.02 Å². The highest BCUT2D eigenvalue weighted by atomic mass is 79.9. The molecule has 0 saturated heterocycles. The lowest BCUT2D eigenvalue weighted by molar-refractivity contribution is 0.460. The van der Waals surface area contributed by atoms with Crippen molar-refractivity contribution in [2.75, 3.05) is 0 Å². The molecule has 0 amide bonds. The summed E-state index contributed by atoms with van der Waals surface area (Å²) in [7, 11) is 0.